The maximum Gasteiger partial charge on any atom is 0.356 e. The van der Waals surface area contributed by atoms with Gasteiger partial charge in [0.2, 0.25) is 0 Å². The highest BCUT2D eigenvalue weighted by molar-refractivity contribution is 5.91. The molecule has 0 radical (unpaired) electrons. The van der Waals surface area contributed by atoms with Crippen LogP contribution in [0.1, 0.15) is 28.7 Å². The van der Waals surface area contributed by atoms with Gasteiger partial charge in [0.15, 0.2) is 5.69 Å². The number of imidazole rings is 1. The first kappa shape index (κ1) is 12.6. The van der Waals surface area contributed by atoms with Gasteiger partial charge in [-0.15, -0.1) is 0 Å². The summed E-state index contributed by atoms with van der Waals surface area (Å²) in [6.45, 7) is 6.07. The van der Waals surface area contributed by atoms with Crippen LogP contribution in [-0.4, -0.2) is 26.9 Å². The molecule has 5 heteroatoms. The van der Waals surface area contributed by atoms with Crippen molar-refractivity contribution in [3.8, 4) is 0 Å². The van der Waals surface area contributed by atoms with E-state index in [0.717, 1.165) is 27.9 Å². The number of nitrogens with zero attached hydrogens (tertiary/aromatic N) is 3. The Morgan fingerprint density at radius 2 is 2.05 bits per heavy atom. The van der Waals surface area contributed by atoms with Gasteiger partial charge in [-0.25, -0.2) is 14.8 Å². The van der Waals surface area contributed by atoms with Crippen LogP contribution in [0.25, 0.3) is 16.7 Å². The van der Waals surface area contributed by atoms with Gasteiger partial charge in [0.05, 0.1) is 12.3 Å². The van der Waals surface area contributed by atoms with Crippen molar-refractivity contribution in [3.63, 3.8) is 0 Å². The number of ether oxygens (including phenoxy) is 1. The van der Waals surface area contributed by atoms with Crippen LogP contribution >= 0.6 is 0 Å². The number of carbonyl (C=O) groups is 1. The third-order valence-corrected chi connectivity index (χ3v) is 3.17. The lowest BCUT2D eigenvalue weighted by Gasteiger charge is -2.06. The van der Waals surface area contributed by atoms with E-state index in [-0.39, 0.29) is 0 Å². The molecule has 0 saturated carbocycles. The number of rotatable bonds is 2. The molecule has 0 aromatic carbocycles. The van der Waals surface area contributed by atoms with Gasteiger partial charge in [-0.05, 0) is 44.5 Å². The standard InChI is InChI=1S/C15H15N3O2/c1-4-20-15(19)12-6-5-11-7-9(2)13-16-10(3)8-18(13)14(11)17-12/h5-8H,4H2,1-3H3. The van der Waals surface area contributed by atoms with Crippen molar-refractivity contribution in [2.24, 2.45) is 0 Å². The summed E-state index contributed by atoms with van der Waals surface area (Å²) >= 11 is 0. The van der Waals surface area contributed by atoms with Crippen molar-refractivity contribution < 1.29 is 9.53 Å². The average Bonchev–Trinajstić information content (AvgIpc) is 2.81. The van der Waals surface area contributed by atoms with Gasteiger partial charge >= 0.3 is 5.97 Å². The molecule has 0 aliphatic rings. The maximum atomic E-state index is 11.8. The molecule has 5 nitrogen and oxygen atoms in total. The van der Waals surface area contributed by atoms with E-state index in [1.807, 2.05) is 36.6 Å². The van der Waals surface area contributed by atoms with Gasteiger partial charge in [-0.3, -0.25) is 4.40 Å². The third kappa shape index (κ3) is 1.91. The molecule has 3 aromatic heterocycles. The van der Waals surface area contributed by atoms with E-state index in [1.165, 1.54) is 0 Å². The second kappa shape index (κ2) is 4.59. The van der Waals surface area contributed by atoms with E-state index in [2.05, 4.69) is 9.97 Å². The largest absolute Gasteiger partial charge is 0.461 e. The molecule has 102 valence electrons. The Morgan fingerprint density at radius 1 is 1.25 bits per heavy atom. The topological polar surface area (TPSA) is 56.5 Å². The van der Waals surface area contributed by atoms with Crippen molar-refractivity contribution in [1.29, 1.82) is 0 Å². The van der Waals surface area contributed by atoms with Crippen molar-refractivity contribution >= 4 is 22.6 Å². The monoisotopic (exact) mass is 269 g/mol. The van der Waals surface area contributed by atoms with Crippen LogP contribution in [0.2, 0.25) is 0 Å². The van der Waals surface area contributed by atoms with Crippen LogP contribution in [0.15, 0.2) is 24.4 Å². The van der Waals surface area contributed by atoms with Crippen molar-refractivity contribution in [2.45, 2.75) is 20.8 Å². The zero-order valence-electron chi connectivity index (χ0n) is 11.7. The van der Waals surface area contributed by atoms with Crippen LogP contribution < -0.4 is 0 Å². The summed E-state index contributed by atoms with van der Waals surface area (Å²) < 4.78 is 6.91. The molecule has 0 aliphatic heterocycles. The number of hydrogen-bond donors (Lipinski definition) is 0. The Kier molecular flexibility index (Phi) is 2.89. The summed E-state index contributed by atoms with van der Waals surface area (Å²) in [5, 5.41) is 0.973. The summed E-state index contributed by atoms with van der Waals surface area (Å²) in [6, 6.07) is 5.60. The molecule has 3 aromatic rings. The highest BCUT2D eigenvalue weighted by Gasteiger charge is 2.12. The Labute approximate surface area is 116 Å². The summed E-state index contributed by atoms with van der Waals surface area (Å²) in [6.07, 6.45) is 1.92. The van der Waals surface area contributed by atoms with Crippen LogP contribution in [0.4, 0.5) is 0 Å². The fourth-order valence-electron chi connectivity index (χ4n) is 2.32. The smallest absolute Gasteiger partial charge is 0.356 e. The van der Waals surface area contributed by atoms with Crippen LogP contribution in [0.5, 0.6) is 0 Å². The number of aryl methyl sites for hydroxylation is 2. The number of pyridine rings is 2. The van der Waals surface area contributed by atoms with Gasteiger partial charge in [0.25, 0.3) is 0 Å². The first-order valence-electron chi connectivity index (χ1n) is 6.53. The molecule has 3 rings (SSSR count). The highest BCUT2D eigenvalue weighted by atomic mass is 16.5. The van der Waals surface area contributed by atoms with E-state index in [0.29, 0.717) is 12.3 Å². The van der Waals surface area contributed by atoms with Crippen LogP contribution in [0, 0.1) is 13.8 Å². The molecule has 0 atom stereocenters. The van der Waals surface area contributed by atoms with Gasteiger partial charge in [0.1, 0.15) is 11.3 Å². The first-order valence-corrected chi connectivity index (χ1v) is 6.53. The predicted molar refractivity (Wildman–Crippen MR) is 75.9 cm³/mol. The molecular formula is C15H15N3O2. The molecule has 0 bridgehead atoms. The fourth-order valence-corrected chi connectivity index (χ4v) is 2.32. The molecule has 0 unspecified atom stereocenters. The minimum absolute atomic E-state index is 0.316. The van der Waals surface area contributed by atoms with E-state index in [9.17, 15) is 4.79 Å². The van der Waals surface area contributed by atoms with Gasteiger partial charge in [-0.1, -0.05) is 0 Å². The number of hydrogen-bond acceptors (Lipinski definition) is 4. The minimum Gasteiger partial charge on any atom is -0.461 e. The molecule has 20 heavy (non-hydrogen) atoms. The quantitative estimate of drug-likeness (QED) is 0.671. The van der Waals surface area contributed by atoms with E-state index in [4.69, 9.17) is 4.74 Å². The molecule has 0 N–H and O–H groups in total. The maximum absolute atomic E-state index is 11.8. The van der Waals surface area contributed by atoms with Crippen LogP contribution in [-0.2, 0) is 4.74 Å². The fraction of sp³-hybridized carbons (Fsp3) is 0.267. The molecule has 0 amide bonds. The van der Waals surface area contributed by atoms with Crippen LogP contribution in [0.3, 0.4) is 0 Å². The van der Waals surface area contributed by atoms with Crippen molar-refractivity contribution in [2.75, 3.05) is 6.61 Å². The van der Waals surface area contributed by atoms with Crippen molar-refractivity contribution in [3.05, 3.63) is 41.3 Å². The lowest BCUT2D eigenvalue weighted by atomic mass is 10.2. The number of esters is 1. The summed E-state index contributed by atoms with van der Waals surface area (Å²) in [4.78, 5) is 20.7. The van der Waals surface area contributed by atoms with E-state index < -0.39 is 5.97 Å². The second-order valence-electron chi connectivity index (χ2n) is 4.73. The molecule has 0 spiro atoms. The normalized spacial score (nSPS) is 11.2. The number of fused-ring (bicyclic) bond motifs is 3. The Morgan fingerprint density at radius 3 is 2.80 bits per heavy atom. The van der Waals surface area contributed by atoms with Gasteiger partial charge in [-0.2, -0.15) is 0 Å². The van der Waals surface area contributed by atoms with Gasteiger partial charge < -0.3 is 4.74 Å². The lowest BCUT2D eigenvalue weighted by molar-refractivity contribution is 0.0520. The van der Waals surface area contributed by atoms with Gasteiger partial charge in [0, 0.05) is 11.6 Å². The SMILES string of the molecule is CCOC(=O)c1ccc2cc(C)c3nc(C)cn3c2n1. The zero-order valence-corrected chi connectivity index (χ0v) is 11.7. The Balaban J connectivity index is 2.29. The Bertz CT molecular complexity index is 821. The number of carbonyl (C=O) groups excluding carboxylic acids is 1. The highest BCUT2D eigenvalue weighted by Crippen LogP contribution is 2.20. The predicted octanol–water partition coefficient (Wildman–Crippen LogP) is 2.68. The molecule has 0 saturated heterocycles. The average molecular weight is 269 g/mol. The van der Waals surface area contributed by atoms with E-state index >= 15 is 0 Å². The minimum atomic E-state index is -0.403. The third-order valence-electron chi connectivity index (χ3n) is 3.17. The first-order chi connectivity index (χ1) is 9.60. The second-order valence-corrected chi connectivity index (χ2v) is 4.73. The zero-order chi connectivity index (χ0) is 14.3. The molecule has 0 fully saturated rings. The Hall–Kier alpha value is -2.43. The molecule has 3 heterocycles. The number of aromatic nitrogens is 3. The molecule has 0 aliphatic carbocycles. The lowest BCUT2D eigenvalue weighted by Crippen LogP contribution is -2.08. The molecular weight excluding hydrogens is 254 g/mol. The summed E-state index contributed by atoms with van der Waals surface area (Å²) in [7, 11) is 0. The summed E-state index contributed by atoms with van der Waals surface area (Å²) in [5.74, 6) is -0.403. The van der Waals surface area contributed by atoms with Crippen molar-refractivity contribution in [1.82, 2.24) is 14.4 Å². The summed E-state index contributed by atoms with van der Waals surface area (Å²) in [5.41, 5.74) is 3.90. The van der Waals surface area contributed by atoms with E-state index in [1.54, 1.807) is 13.0 Å².